The van der Waals surface area contributed by atoms with Crippen LogP contribution in [-0.2, 0) is 10.0 Å². The van der Waals surface area contributed by atoms with Crippen LogP contribution >= 0.6 is 0 Å². The van der Waals surface area contributed by atoms with Gasteiger partial charge in [-0.25, -0.2) is 13.1 Å². The number of sulfonamides is 1. The van der Waals surface area contributed by atoms with E-state index in [0.717, 1.165) is 32.1 Å². The fourth-order valence-corrected chi connectivity index (χ4v) is 3.33. The molecule has 80 valence electrons. The van der Waals surface area contributed by atoms with Crippen LogP contribution in [-0.4, -0.2) is 20.2 Å². The summed E-state index contributed by atoms with van der Waals surface area (Å²) in [5.74, 6) is 2.42. The molecule has 1 aliphatic carbocycles. The van der Waals surface area contributed by atoms with E-state index < -0.39 is 10.0 Å². The van der Waals surface area contributed by atoms with Gasteiger partial charge in [0.25, 0.3) is 0 Å². The van der Waals surface area contributed by atoms with E-state index in [1.54, 1.807) is 0 Å². The van der Waals surface area contributed by atoms with Crippen molar-refractivity contribution in [2.75, 3.05) is 6.54 Å². The molecule has 0 aromatic carbocycles. The van der Waals surface area contributed by atoms with Gasteiger partial charge in [0, 0.05) is 13.0 Å². The second-order valence-corrected chi connectivity index (χ2v) is 5.70. The van der Waals surface area contributed by atoms with Gasteiger partial charge in [-0.1, -0.05) is 19.3 Å². The smallest absolute Gasteiger partial charge is 0.214 e. The van der Waals surface area contributed by atoms with Crippen molar-refractivity contribution in [2.24, 2.45) is 0 Å². The molecule has 0 aliphatic heterocycles. The summed E-state index contributed by atoms with van der Waals surface area (Å²) in [6.45, 7) is 0.370. The molecule has 14 heavy (non-hydrogen) atoms. The van der Waals surface area contributed by atoms with Gasteiger partial charge in [-0.05, 0) is 12.8 Å². The maximum atomic E-state index is 11.7. The van der Waals surface area contributed by atoms with Crippen molar-refractivity contribution < 1.29 is 8.42 Å². The van der Waals surface area contributed by atoms with Crippen LogP contribution in [0.25, 0.3) is 0 Å². The minimum atomic E-state index is -3.10. The van der Waals surface area contributed by atoms with Crippen molar-refractivity contribution >= 4 is 10.0 Å². The standard InChI is InChI=1S/C10H17NO2S/c1-2-3-9-11-14(12,13)10-7-5-4-6-8-10/h1,10-11H,3-9H2. The molecule has 0 aromatic heterocycles. The van der Waals surface area contributed by atoms with E-state index in [0.29, 0.717) is 13.0 Å². The van der Waals surface area contributed by atoms with Crippen LogP contribution in [0.1, 0.15) is 38.5 Å². The number of rotatable bonds is 4. The van der Waals surface area contributed by atoms with Gasteiger partial charge < -0.3 is 0 Å². The number of terminal acetylenes is 1. The molecule has 1 N–H and O–H groups in total. The van der Waals surface area contributed by atoms with E-state index in [-0.39, 0.29) is 5.25 Å². The second kappa shape index (κ2) is 5.38. The minimum Gasteiger partial charge on any atom is -0.214 e. The Morgan fingerprint density at radius 2 is 1.93 bits per heavy atom. The topological polar surface area (TPSA) is 46.2 Å². The summed E-state index contributed by atoms with van der Waals surface area (Å²) in [6, 6.07) is 0. The van der Waals surface area contributed by atoms with Crippen molar-refractivity contribution in [3.8, 4) is 12.3 Å². The fourth-order valence-electron chi connectivity index (χ4n) is 1.76. The van der Waals surface area contributed by atoms with Gasteiger partial charge in [-0.3, -0.25) is 0 Å². The molecule has 1 rings (SSSR count). The van der Waals surface area contributed by atoms with Crippen LogP contribution in [0.5, 0.6) is 0 Å². The Bertz CT molecular complexity index is 297. The Hall–Kier alpha value is -0.530. The average Bonchev–Trinajstić information content (AvgIpc) is 2.19. The molecule has 1 aliphatic rings. The summed E-state index contributed by atoms with van der Waals surface area (Å²) in [5.41, 5.74) is 0. The molecule has 0 atom stereocenters. The first-order valence-corrected chi connectivity index (χ1v) is 6.63. The molecule has 0 unspecified atom stereocenters. The van der Waals surface area contributed by atoms with E-state index in [2.05, 4.69) is 10.6 Å². The van der Waals surface area contributed by atoms with Gasteiger partial charge in [-0.15, -0.1) is 12.3 Å². The summed E-state index contributed by atoms with van der Waals surface area (Å²) in [4.78, 5) is 0. The molecule has 1 fully saturated rings. The monoisotopic (exact) mass is 215 g/mol. The molecular formula is C10H17NO2S. The Labute approximate surface area is 86.3 Å². The largest absolute Gasteiger partial charge is 0.214 e. The zero-order valence-corrected chi connectivity index (χ0v) is 9.15. The first-order valence-electron chi connectivity index (χ1n) is 5.09. The molecule has 0 spiro atoms. The highest BCUT2D eigenvalue weighted by atomic mass is 32.2. The lowest BCUT2D eigenvalue weighted by Gasteiger charge is -2.21. The summed E-state index contributed by atoms with van der Waals surface area (Å²) >= 11 is 0. The lowest BCUT2D eigenvalue weighted by molar-refractivity contribution is 0.478. The van der Waals surface area contributed by atoms with Gasteiger partial charge in [0.1, 0.15) is 0 Å². The zero-order chi connectivity index (χ0) is 10.4. The highest BCUT2D eigenvalue weighted by Crippen LogP contribution is 2.22. The maximum Gasteiger partial charge on any atom is 0.214 e. The molecule has 0 amide bonds. The van der Waals surface area contributed by atoms with Gasteiger partial charge in [0.15, 0.2) is 0 Å². The van der Waals surface area contributed by atoms with Gasteiger partial charge in [-0.2, -0.15) is 0 Å². The van der Waals surface area contributed by atoms with E-state index in [4.69, 9.17) is 6.42 Å². The molecule has 3 nitrogen and oxygen atoms in total. The molecule has 0 saturated heterocycles. The van der Waals surface area contributed by atoms with Gasteiger partial charge >= 0.3 is 0 Å². The van der Waals surface area contributed by atoms with Crippen LogP contribution in [0.4, 0.5) is 0 Å². The number of hydrogen-bond acceptors (Lipinski definition) is 2. The quantitative estimate of drug-likeness (QED) is 0.567. The van der Waals surface area contributed by atoms with Crippen molar-refractivity contribution in [3.63, 3.8) is 0 Å². The van der Waals surface area contributed by atoms with Crippen molar-refractivity contribution in [1.82, 2.24) is 4.72 Å². The molecule has 0 radical (unpaired) electrons. The SMILES string of the molecule is C#CCCNS(=O)(=O)C1CCCCC1. The number of nitrogens with one attached hydrogen (secondary N) is 1. The van der Waals surface area contributed by atoms with Crippen LogP contribution in [0.3, 0.4) is 0 Å². The van der Waals surface area contributed by atoms with E-state index in [1.807, 2.05) is 0 Å². The molecule has 0 bridgehead atoms. The van der Waals surface area contributed by atoms with Gasteiger partial charge in [0.2, 0.25) is 10.0 Å². The van der Waals surface area contributed by atoms with Crippen LogP contribution in [0, 0.1) is 12.3 Å². The molecule has 0 heterocycles. The van der Waals surface area contributed by atoms with Crippen LogP contribution in [0.15, 0.2) is 0 Å². The van der Waals surface area contributed by atoms with Gasteiger partial charge in [0.05, 0.1) is 5.25 Å². The fraction of sp³-hybridized carbons (Fsp3) is 0.800. The van der Waals surface area contributed by atoms with E-state index in [9.17, 15) is 8.42 Å². The Kier molecular flexibility index (Phi) is 4.43. The van der Waals surface area contributed by atoms with Crippen LogP contribution < -0.4 is 4.72 Å². The average molecular weight is 215 g/mol. The third-order valence-electron chi connectivity index (χ3n) is 2.56. The lowest BCUT2D eigenvalue weighted by atomic mass is 10.0. The molecular weight excluding hydrogens is 198 g/mol. The van der Waals surface area contributed by atoms with E-state index >= 15 is 0 Å². The predicted octanol–water partition coefficient (Wildman–Crippen LogP) is 1.26. The van der Waals surface area contributed by atoms with E-state index in [1.165, 1.54) is 0 Å². The molecule has 0 aromatic rings. The third-order valence-corrected chi connectivity index (χ3v) is 4.52. The normalized spacial score (nSPS) is 19.1. The highest BCUT2D eigenvalue weighted by Gasteiger charge is 2.26. The van der Waals surface area contributed by atoms with Crippen molar-refractivity contribution in [3.05, 3.63) is 0 Å². The Morgan fingerprint density at radius 3 is 2.50 bits per heavy atom. The van der Waals surface area contributed by atoms with Crippen molar-refractivity contribution in [1.29, 1.82) is 0 Å². The van der Waals surface area contributed by atoms with Crippen molar-refractivity contribution in [2.45, 2.75) is 43.8 Å². The number of hydrogen-bond donors (Lipinski definition) is 1. The first-order chi connectivity index (χ1) is 6.67. The summed E-state index contributed by atoms with van der Waals surface area (Å²) in [7, 11) is -3.10. The Morgan fingerprint density at radius 1 is 1.29 bits per heavy atom. The second-order valence-electron chi connectivity index (χ2n) is 3.65. The summed E-state index contributed by atoms with van der Waals surface area (Å²) < 4.78 is 25.9. The lowest BCUT2D eigenvalue weighted by Crippen LogP contribution is -2.36. The first kappa shape index (κ1) is 11.5. The zero-order valence-electron chi connectivity index (χ0n) is 8.33. The third kappa shape index (κ3) is 3.32. The molecule has 4 heteroatoms. The summed E-state index contributed by atoms with van der Waals surface area (Å²) in [5, 5.41) is -0.186. The predicted molar refractivity (Wildman–Crippen MR) is 57.2 cm³/mol. The van der Waals surface area contributed by atoms with Crippen LogP contribution in [0.2, 0.25) is 0 Å². The Balaban J connectivity index is 2.43. The molecule has 1 saturated carbocycles. The minimum absolute atomic E-state index is 0.186. The highest BCUT2D eigenvalue weighted by molar-refractivity contribution is 7.90. The summed E-state index contributed by atoms with van der Waals surface area (Å²) in [6.07, 6.45) is 10.3. The maximum absolute atomic E-state index is 11.7.